The van der Waals surface area contributed by atoms with E-state index >= 15 is 0 Å². The molecule has 0 amide bonds. The van der Waals surface area contributed by atoms with Gasteiger partial charge in [0.1, 0.15) is 5.82 Å². The lowest BCUT2D eigenvalue weighted by atomic mass is 10.2. The van der Waals surface area contributed by atoms with E-state index in [0.717, 1.165) is 35.6 Å². The summed E-state index contributed by atoms with van der Waals surface area (Å²) in [6, 6.07) is 3.99. The summed E-state index contributed by atoms with van der Waals surface area (Å²) in [5.74, 6) is 0.781. The predicted octanol–water partition coefficient (Wildman–Crippen LogP) is 1.73. The fourth-order valence-corrected chi connectivity index (χ4v) is 1.78. The van der Waals surface area contributed by atoms with Crippen LogP contribution in [-0.4, -0.2) is 15.0 Å². The van der Waals surface area contributed by atoms with Crippen LogP contribution in [0.25, 0.3) is 11.3 Å². The number of aromatic nitrogens is 3. The predicted molar refractivity (Wildman–Crippen MR) is 61.7 cm³/mol. The van der Waals surface area contributed by atoms with Gasteiger partial charge in [0.15, 0.2) is 0 Å². The monoisotopic (exact) mass is 214 g/mol. The third kappa shape index (κ3) is 1.51. The van der Waals surface area contributed by atoms with Crippen LogP contribution in [0.1, 0.15) is 24.4 Å². The molecule has 0 aliphatic heterocycles. The first kappa shape index (κ1) is 9.54. The van der Waals surface area contributed by atoms with Crippen molar-refractivity contribution in [1.29, 1.82) is 0 Å². The highest BCUT2D eigenvalue weighted by Gasteiger charge is 2.43. The molecule has 82 valence electrons. The highest BCUT2D eigenvalue weighted by molar-refractivity contribution is 5.58. The van der Waals surface area contributed by atoms with Crippen molar-refractivity contribution in [3.63, 3.8) is 0 Å². The zero-order valence-corrected chi connectivity index (χ0v) is 9.20. The summed E-state index contributed by atoms with van der Waals surface area (Å²) in [5, 5.41) is 0. The average molecular weight is 214 g/mol. The van der Waals surface area contributed by atoms with E-state index in [1.165, 1.54) is 0 Å². The van der Waals surface area contributed by atoms with E-state index in [1.807, 2.05) is 31.5 Å². The molecule has 3 N–H and O–H groups in total. The maximum atomic E-state index is 6.13. The van der Waals surface area contributed by atoms with E-state index in [1.54, 1.807) is 0 Å². The fourth-order valence-electron chi connectivity index (χ4n) is 1.78. The van der Waals surface area contributed by atoms with Crippen LogP contribution in [0.15, 0.2) is 24.5 Å². The van der Waals surface area contributed by atoms with Gasteiger partial charge >= 0.3 is 0 Å². The van der Waals surface area contributed by atoms with Crippen molar-refractivity contribution < 1.29 is 0 Å². The molecule has 4 nitrogen and oxygen atoms in total. The molecule has 0 bridgehead atoms. The fraction of sp³-hybridized carbons (Fsp3) is 0.333. The largest absolute Gasteiger partial charge is 0.367 e. The lowest BCUT2D eigenvalue weighted by molar-refractivity contribution is 0.669. The summed E-state index contributed by atoms with van der Waals surface area (Å²) in [5.41, 5.74) is 8.85. The van der Waals surface area contributed by atoms with E-state index in [0.29, 0.717) is 0 Å². The number of nitrogens with two attached hydrogens (primary N) is 1. The molecule has 1 fully saturated rings. The maximum Gasteiger partial charge on any atom is 0.149 e. The molecular weight excluding hydrogens is 200 g/mol. The topological polar surface area (TPSA) is 67.6 Å². The smallest absolute Gasteiger partial charge is 0.149 e. The molecule has 0 unspecified atom stereocenters. The summed E-state index contributed by atoms with van der Waals surface area (Å²) in [7, 11) is 0. The van der Waals surface area contributed by atoms with Gasteiger partial charge in [-0.3, -0.25) is 0 Å². The van der Waals surface area contributed by atoms with Crippen molar-refractivity contribution in [2.24, 2.45) is 5.73 Å². The van der Waals surface area contributed by atoms with Crippen molar-refractivity contribution in [2.75, 3.05) is 0 Å². The van der Waals surface area contributed by atoms with Gasteiger partial charge in [-0.1, -0.05) is 0 Å². The Balaban J connectivity index is 2.10. The molecule has 3 rings (SSSR count). The Morgan fingerprint density at radius 2 is 2.19 bits per heavy atom. The summed E-state index contributed by atoms with van der Waals surface area (Å²) >= 11 is 0. The molecule has 1 aliphatic carbocycles. The Morgan fingerprint density at radius 1 is 1.38 bits per heavy atom. The van der Waals surface area contributed by atoms with Crippen LogP contribution in [0.5, 0.6) is 0 Å². The first-order valence-electron chi connectivity index (χ1n) is 5.46. The van der Waals surface area contributed by atoms with Gasteiger partial charge in [-0.2, -0.15) is 0 Å². The molecule has 1 aliphatic rings. The van der Waals surface area contributed by atoms with Crippen LogP contribution in [0, 0.1) is 6.92 Å². The third-order valence-corrected chi connectivity index (χ3v) is 2.98. The van der Waals surface area contributed by atoms with Crippen molar-refractivity contribution in [1.82, 2.24) is 15.0 Å². The lowest BCUT2D eigenvalue weighted by Gasteiger charge is -2.09. The van der Waals surface area contributed by atoms with E-state index in [-0.39, 0.29) is 5.54 Å². The second-order valence-electron chi connectivity index (χ2n) is 4.47. The van der Waals surface area contributed by atoms with E-state index < -0.39 is 0 Å². The molecule has 2 heterocycles. The minimum absolute atomic E-state index is 0.267. The summed E-state index contributed by atoms with van der Waals surface area (Å²) in [6.07, 6.45) is 5.80. The standard InChI is InChI=1S/C12H14N4/c1-8-6-10(9-2-5-14-7-9)16-11(15-8)12(13)3-4-12/h2,5-7,14H,3-4,13H2,1H3. The lowest BCUT2D eigenvalue weighted by Crippen LogP contribution is -2.22. The number of nitrogens with zero attached hydrogens (tertiary/aromatic N) is 2. The highest BCUT2D eigenvalue weighted by atomic mass is 15.0. The van der Waals surface area contributed by atoms with Crippen molar-refractivity contribution >= 4 is 0 Å². The van der Waals surface area contributed by atoms with Gasteiger partial charge in [-0.25, -0.2) is 9.97 Å². The van der Waals surface area contributed by atoms with Crippen LogP contribution < -0.4 is 5.73 Å². The zero-order chi connectivity index (χ0) is 11.2. The van der Waals surface area contributed by atoms with Crippen LogP contribution in [0.3, 0.4) is 0 Å². The normalized spacial score (nSPS) is 17.4. The van der Waals surface area contributed by atoms with Crippen molar-refractivity contribution in [3.05, 3.63) is 36.0 Å². The minimum Gasteiger partial charge on any atom is -0.367 e. The number of H-pyrrole nitrogens is 1. The Morgan fingerprint density at radius 3 is 2.81 bits per heavy atom. The second kappa shape index (κ2) is 3.15. The Labute approximate surface area is 93.9 Å². The molecule has 4 heteroatoms. The summed E-state index contributed by atoms with van der Waals surface area (Å²) in [6.45, 7) is 1.98. The molecule has 0 radical (unpaired) electrons. The molecule has 0 aromatic carbocycles. The molecule has 0 atom stereocenters. The number of nitrogens with one attached hydrogen (secondary N) is 1. The number of aryl methyl sites for hydroxylation is 1. The summed E-state index contributed by atoms with van der Waals surface area (Å²) in [4.78, 5) is 12.0. The number of aromatic amines is 1. The van der Waals surface area contributed by atoms with Gasteiger partial charge in [0, 0.05) is 23.7 Å². The van der Waals surface area contributed by atoms with Gasteiger partial charge in [0.2, 0.25) is 0 Å². The molecule has 1 saturated carbocycles. The van der Waals surface area contributed by atoms with E-state index in [2.05, 4.69) is 15.0 Å². The number of hydrogen-bond donors (Lipinski definition) is 2. The van der Waals surface area contributed by atoms with Gasteiger partial charge in [0.05, 0.1) is 11.2 Å². The molecule has 2 aromatic heterocycles. The quantitative estimate of drug-likeness (QED) is 0.800. The first-order valence-corrected chi connectivity index (χ1v) is 5.46. The van der Waals surface area contributed by atoms with Gasteiger partial charge in [-0.15, -0.1) is 0 Å². The molecular formula is C12H14N4. The van der Waals surface area contributed by atoms with E-state index in [4.69, 9.17) is 5.73 Å². The van der Waals surface area contributed by atoms with Crippen LogP contribution >= 0.6 is 0 Å². The van der Waals surface area contributed by atoms with Crippen molar-refractivity contribution in [3.8, 4) is 11.3 Å². The average Bonchev–Trinajstić information content (AvgIpc) is 2.83. The Hall–Kier alpha value is -1.68. The van der Waals surface area contributed by atoms with Crippen LogP contribution in [0.4, 0.5) is 0 Å². The third-order valence-electron chi connectivity index (χ3n) is 2.98. The molecule has 0 spiro atoms. The van der Waals surface area contributed by atoms with Gasteiger partial charge in [-0.05, 0) is 31.9 Å². The molecule has 0 saturated heterocycles. The molecule has 2 aromatic rings. The maximum absolute atomic E-state index is 6.13. The van der Waals surface area contributed by atoms with Gasteiger partial charge in [0.25, 0.3) is 0 Å². The summed E-state index contributed by atoms with van der Waals surface area (Å²) < 4.78 is 0. The number of hydrogen-bond acceptors (Lipinski definition) is 3. The van der Waals surface area contributed by atoms with Crippen LogP contribution in [-0.2, 0) is 5.54 Å². The second-order valence-corrected chi connectivity index (χ2v) is 4.47. The SMILES string of the molecule is Cc1cc(-c2cc[nH]c2)nc(C2(N)CC2)n1. The molecule has 16 heavy (non-hydrogen) atoms. The Bertz CT molecular complexity index is 512. The zero-order valence-electron chi connectivity index (χ0n) is 9.20. The Kier molecular flexibility index (Phi) is 1.88. The van der Waals surface area contributed by atoms with E-state index in [9.17, 15) is 0 Å². The minimum atomic E-state index is -0.267. The first-order chi connectivity index (χ1) is 7.67. The van der Waals surface area contributed by atoms with Crippen molar-refractivity contribution in [2.45, 2.75) is 25.3 Å². The number of rotatable bonds is 2. The highest BCUT2D eigenvalue weighted by Crippen LogP contribution is 2.41. The van der Waals surface area contributed by atoms with Gasteiger partial charge < -0.3 is 10.7 Å². The van der Waals surface area contributed by atoms with Crippen LogP contribution in [0.2, 0.25) is 0 Å².